The van der Waals surface area contributed by atoms with E-state index in [1.54, 1.807) is 6.20 Å². The molecule has 0 bridgehead atoms. The summed E-state index contributed by atoms with van der Waals surface area (Å²) < 4.78 is 1.95. The van der Waals surface area contributed by atoms with Gasteiger partial charge in [-0.2, -0.15) is 5.10 Å². The minimum Gasteiger partial charge on any atom is -0.392 e. The molecule has 1 aromatic heterocycles. The van der Waals surface area contributed by atoms with Gasteiger partial charge in [-0.15, -0.1) is 0 Å². The normalized spacial score (nSPS) is 10.8. The van der Waals surface area contributed by atoms with Gasteiger partial charge in [0.1, 0.15) is 0 Å². The lowest BCUT2D eigenvalue weighted by atomic mass is 10.1. The monoisotopic (exact) mass is 230 g/mol. The summed E-state index contributed by atoms with van der Waals surface area (Å²) in [4.78, 5) is 0. The number of hydrogen-bond acceptors (Lipinski definition) is 2. The number of rotatable bonds is 4. The number of aromatic nitrogens is 2. The van der Waals surface area contributed by atoms with E-state index in [4.69, 9.17) is 0 Å². The minimum absolute atomic E-state index is 0.0568. The highest BCUT2D eigenvalue weighted by molar-refractivity contribution is 5.41. The second-order valence-corrected chi connectivity index (χ2v) is 4.22. The predicted molar refractivity (Wildman–Crippen MR) is 68.2 cm³/mol. The molecule has 17 heavy (non-hydrogen) atoms. The van der Waals surface area contributed by atoms with Crippen LogP contribution in [0.25, 0.3) is 5.69 Å². The SMILES string of the molecule is CCCc1c(CO)cnn1-c1ccccc1C. The molecule has 0 fully saturated rings. The Balaban J connectivity index is 2.52. The molecular formula is C14H18N2O. The molecular weight excluding hydrogens is 212 g/mol. The molecule has 1 heterocycles. The third kappa shape index (κ3) is 2.24. The molecule has 0 saturated carbocycles. The van der Waals surface area contributed by atoms with Crippen LogP contribution < -0.4 is 0 Å². The van der Waals surface area contributed by atoms with Gasteiger partial charge in [-0.1, -0.05) is 31.5 Å². The van der Waals surface area contributed by atoms with Crippen LogP contribution >= 0.6 is 0 Å². The van der Waals surface area contributed by atoms with E-state index in [1.807, 2.05) is 16.8 Å². The summed E-state index contributed by atoms with van der Waals surface area (Å²) in [7, 11) is 0. The first-order chi connectivity index (χ1) is 8.27. The van der Waals surface area contributed by atoms with Crippen molar-refractivity contribution in [1.29, 1.82) is 0 Å². The van der Waals surface area contributed by atoms with Gasteiger partial charge in [-0.05, 0) is 25.0 Å². The molecule has 0 aliphatic carbocycles. The topological polar surface area (TPSA) is 38.1 Å². The molecule has 0 aliphatic heterocycles. The zero-order valence-corrected chi connectivity index (χ0v) is 10.3. The predicted octanol–water partition coefficient (Wildman–Crippen LogP) is 2.63. The van der Waals surface area contributed by atoms with Crippen molar-refractivity contribution in [1.82, 2.24) is 9.78 Å². The van der Waals surface area contributed by atoms with Crippen LogP contribution in [0.15, 0.2) is 30.5 Å². The Morgan fingerprint density at radius 3 is 2.71 bits per heavy atom. The highest BCUT2D eigenvalue weighted by Crippen LogP contribution is 2.19. The van der Waals surface area contributed by atoms with Gasteiger partial charge in [0.05, 0.1) is 18.5 Å². The number of nitrogens with zero attached hydrogens (tertiary/aromatic N) is 2. The summed E-state index contributed by atoms with van der Waals surface area (Å²) in [5.74, 6) is 0. The molecule has 0 unspecified atom stereocenters. The maximum Gasteiger partial charge on any atom is 0.0715 e. The first-order valence-electron chi connectivity index (χ1n) is 6.00. The molecule has 3 heteroatoms. The van der Waals surface area contributed by atoms with Crippen molar-refractivity contribution in [2.45, 2.75) is 33.3 Å². The van der Waals surface area contributed by atoms with Crippen LogP contribution in [0.5, 0.6) is 0 Å². The first-order valence-corrected chi connectivity index (χ1v) is 6.00. The molecule has 1 N–H and O–H groups in total. The first kappa shape index (κ1) is 11.9. The van der Waals surface area contributed by atoms with Gasteiger partial charge < -0.3 is 5.11 Å². The van der Waals surface area contributed by atoms with Crippen molar-refractivity contribution in [2.75, 3.05) is 0 Å². The molecule has 0 atom stereocenters. The summed E-state index contributed by atoms with van der Waals surface area (Å²) in [5.41, 5.74) is 4.33. The molecule has 3 nitrogen and oxygen atoms in total. The third-order valence-electron chi connectivity index (χ3n) is 2.96. The van der Waals surface area contributed by atoms with Crippen molar-refractivity contribution >= 4 is 0 Å². The third-order valence-corrected chi connectivity index (χ3v) is 2.96. The summed E-state index contributed by atoms with van der Waals surface area (Å²) in [6.07, 6.45) is 3.74. The fraction of sp³-hybridized carbons (Fsp3) is 0.357. The second-order valence-electron chi connectivity index (χ2n) is 4.22. The van der Waals surface area contributed by atoms with E-state index in [0.29, 0.717) is 0 Å². The lowest BCUT2D eigenvalue weighted by molar-refractivity contribution is 0.280. The molecule has 2 aromatic rings. The van der Waals surface area contributed by atoms with Crippen molar-refractivity contribution in [2.24, 2.45) is 0 Å². The Hall–Kier alpha value is -1.61. The van der Waals surface area contributed by atoms with Crippen molar-refractivity contribution in [3.05, 3.63) is 47.3 Å². The Bertz CT molecular complexity index is 503. The van der Waals surface area contributed by atoms with Gasteiger partial charge in [0, 0.05) is 11.3 Å². The van der Waals surface area contributed by atoms with E-state index in [0.717, 1.165) is 29.8 Å². The standard InChI is InChI=1S/C14H18N2O/c1-3-6-14-12(10-17)9-15-16(14)13-8-5-4-7-11(13)2/h4-5,7-9,17H,3,6,10H2,1-2H3. The van der Waals surface area contributed by atoms with Crippen LogP contribution in [0.2, 0.25) is 0 Å². The van der Waals surface area contributed by atoms with E-state index in [2.05, 4.69) is 31.1 Å². The second kappa shape index (κ2) is 5.15. The van der Waals surface area contributed by atoms with E-state index >= 15 is 0 Å². The molecule has 0 radical (unpaired) electrons. The largest absolute Gasteiger partial charge is 0.392 e. The average Bonchev–Trinajstić information content (AvgIpc) is 2.73. The van der Waals surface area contributed by atoms with Gasteiger partial charge in [-0.3, -0.25) is 0 Å². The Kier molecular flexibility index (Phi) is 3.59. The average molecular weight is 230 g/mol. The minimum atomic E-state index is 0.0568. The lowest BCUT2D eigenvalue weighted by Crippen LogP contribution is -2.05. The van der Waals surface area contributed by atoms with Crippen molar-refractivity contribution < 1.29 is 5.11 Å². The van der Waals surface area contributed by atoms with Gasteiger partial charge in [0.2, 0.25) is 0 Å². The quantitative estimate of drug-likeness (QED) is 0.876. The molecule has 0 saturated heterocycles. The van der Waals surface area contributed by atoms with Gasteiger partial charge in [0.25, 0.3) is 0 Å². The summed E-state index contributed by atoms with van der Waals surface area (Å²) in [6.45, 7) is 4.27. The molecule has 0 amide bonds. The summed E-state index contributed by atoms with van der Waals surface area (Å²) >= 11 is 0. The summed E-state index contributed by atoms with van der Waals surface area (Å²) in [6, 6.07) is 8.17. The molecule has 0 spiro atoms. The molecule has 1 aromatic carbocycles. The van der Waals surface area contributed by atoms with Gasteiger partial charge >= 0.3 is 0 Å². The Labute approximate surface area is 102 Å². The number of hydrogen-bond donors (Lipinski definition) is 1. The van der Waals surface area contributed by atoms with Crippen LogP contribution in [-0.4, -0.2) is 14.9 Å². The number of aryl methyl sites for hydroxylation is 1. The zero-order valence-electron chi connectivity index (χ0n) is 10.3. The number of para-hydroxylation sites is 1. The summed E-state index contributed by atoms with van der Waals surface area (Å²) in [5, 5.41) is 13.7. The highest BCUT2D eigenvalue weighted by Gasteiger charge is 2.11. The van der Waals surface area contributed by atoms with Crippen LogP contribution in [0, 0.1) is 6.92 Å². The van der Waals surface area contributed by atoms with Crippen molar-refractivity contribution in [3.63, 3.8) is 0 Å². The number of benzene rings is 1. The van der Waals surface area contributed by atoms with Crippen LogP contribution in [0.4, 0.5) is 0 Å². The lowest BCUT2D eigenvalue weighted by Gasteiger charge is -2.10. The van der Waals surface area contributed by atoms with Crippen LogP contribution in [-0.2, 0) is 13.0 Å². The van der Waals surface area contributed by atoms with Gasteiger partial charge in [0.15, 0.2) is 0 Å². The fourth-order valence-corrected chi connectivity index (χ4v) is 2.05. The van der Waals surface area contributed by atoms with Crippen LogP contribution in [0.1, 0.15) is 30.2 Å². The zero-order chi connectivity index (χ0) is 12.3. The molecule has 0 aliphatic rings. The smallest absolute Gasteiger partial charge is 0.0715 e. The highest BCUT2D eigenvalue weighted by atomic mass is 16.3. The van der Waals surface area contributed by atoms with Crippen LogP contribution in [0.3, 0.4) is 0 Å². The number of aliphatic hydroxyl groups excluding tert-OH is 1. The molecule has 90 valence electrons. The van der Waals surface area contributed by atoms with Gasteiger partial charge in [-0.25, -0.2) is 4.68 Å². The van der Waals surface area contributed by atoms with E-state index in [9.17, 15) is 5.11 Å². The van der Waals surface area contributed by atoms with E-state index < -0.39 is 0 Å². The maximum atomic E-state index is 9.32. The maximum absolute atomic E-state index is 9.32. The fourth-order valence-electron chi connectivity index (χ4n) is 2.05. The molecule has 2 rings (SSSR count). The van der Waals surface area contributed by atoms with E-state index in [-0.39, 0.29) is 6.61 Å². The Morgan fingerprint density at radius 1 is 1.29 bits per heavy atom. The number of aliphatic hydroxyl groups is 1. The van der Waals surface area contributed by atoms with Crippen molar-refractivity contribution in [3.8, 4) is 5.69 Å². The van der Waals surface area contributed by atoms with E-state index in [1.165, 1.54) is 5.56 Å². The Morgan fingerprint density at radius 2 is 2.06 bits per heavy atom.